The van der Waals surface area contributed by atoms with Crippen molar-refractivity contribution in [3.63, 3.8) is 0 Å². The van der Waals surface area contributed by atoms with Crippen LogP contribution in [0.2, 0.25) is 0 Å². The Kier molecular flexibility index (Phi) is 3.31. The summed E-state index contributed by atoms with van der Waals surface area (Å²) in [6, 6.07) is 18.6. The molecular formula is C20H15FN2O. The van der Waals surface area contributed by atoms with Gasteiger partial charge in [-0.05, 0) is 47.9 Å². The Morgan fingerprint density at radius 1 is 1.00 bits per heavy atom. The molecule has 0 saturated carbocycles. The Morgan fingerprint density at radius 2 is 1.83 bits per heavy atom. The maximum Gasteiger partial charge on any atom is 0.164 e. The number of phenols is 1. The number of fused-ring (bicyclic) bond motifs is 1. The second-order valence-corrected chi connectivity index (χ2v) is 5.78. The van der Waals surface area contributed by atoms with E-state index in [1.54, 1.807) is 16.9 Å². The number of hydrogen-bond donors (Lipinski definition) is 1. The van der Waals surface area contributed by atoms with Crippen LogP contribution in [0, 0.1) is 12.7 Å². The second kappa shape index (κ2) is 5.49. The first kappa shape index (κ1) is 14.5. The molecule has 0 radical (unpaired) electrons. The van der Waals surface area contributed by atoms with Crippen LogP contribution in [0.1, 0.15) is 5.56 Å². The minimum absolute atomic E-state index is 0.382. The molecule has 0 amide bonds. The van der Waals surface area contributed by atoms with Gasteiger partial charge in [-0.2, -0.15) is 5.10 Å². The van der Waals surface area contributed by atoms with Crippen LogP contribution >= 0.6 is 0 Å². The molecule has 0 unspecified atom stereocenters. The number of aryl methyl sites for hydroxylation is 1. The molecule has 0 aliphatic rings. The minimum Gasteiger partial charge on any atom is -0.505 e. The predicted octanol–water partition coefficient (Wildman–Crippen LogP) is 4.85. The number of rotatable bonds is 2. The zero-order chi connectivity index (χ0) is 16.7. The van der Waals surface area contributed by atoms with Crippen molar-refractivity contribution in [1.29, 1.82) is 0 Å². The topological polar surface area (TPSA) is 38.0 Å². The van der Waals surface area contributed by atoms with Crippen molar-refractivity contribution in [1.82, 2.24) is 9.78 Å². The first-order valence-electron chi connectivity index (χ1n) is 7.66. The first-order chi connectivity index (χ1) is 11.6. The molecule has 0 bridgehead atoms. The molecule has 0 saturated heterocycles. The zero-order valence-electron chi connectivity index (χ0n) is 13.1. The third-order valence-corrected chi connectivity index (χ3v) is 4.20. The highest BCUT2D eigenvalue weighted by Gasteiger charge is 2.09. The summed E-state index contributed by atoms with van der Waals surface area (Å²) < 4.78 is 14.9. The molecule has 24 heavy (non-hydrogen) atoms. The van der Waals surface area contributed by atoms with E-state index >= 15 is 0 Å². The van der Waals surface area contributed by atoms with Crippen molar-refractivity contribution < 1.29 is 9.50 Å². The van der Waals surface area contributed by atoms with Crippen molar-refractivity contribution in [2.75, 3.05) is 0 Å². The fraction of sp³-hybridized carbons (Fsp3) is 0.0500. The average Bonchev–Trinajstić information content (AvgIpc) is 3.01. The summed E-state index contributed by atoms with van der Waals surface area (Å²) in [5.74, 6) is -1.02. The molecule has 3 nitrogen and oxygen atoms in total. The lowest BCUT2D eigenvalue weighted by molar-refractivity contribution is 0.432. The zero-order valence-corrected chi connectivity index (χ0v) is 13.1. The predicted molar refractivity (Wildman–Crippen MR) is 92.9 cm³/mol. The van der Waals surface area contributed by atoms with Crippen molar-refractivity contribution in [2.24, 2.45) is 0 Å². The molecule has 0 aliphatic carbocycles. The molecular weight excluding hydrogens is 303 g/mol. The molecule has 4 aromatic rings. The smallest absolute Gasteiger partial charge is 0.164 e. The van der Waals surface area contributed by atoms with Gasteiger partial charge in [0, 0.05) is 11.5 Å². The summed E-state index contributed by atoms with van der Waals surface area (Å²) in [5, 5.41) is 14.9. The van der Waals surface area contributed by atoms with Crippen LogP contribution in [-0.2, 0) is 0 Å². The van der Waals surface area contributed by atoms with E-state index in [0.717, 1.165) is 16.5 Å². The summed E-state index contributed by atoms with van der Waals surface area (Å²) in [6.45, 7) is 2.09. The molecule has 1 N–H and O–H groups in total. The van der Waals surface area contributed by atoms with E-state index in [1.165, 1.54) is 23.3 Å². The Bertz CT molecular complexity index is 1050. The Labute approximate surface area is 138 Å². The van der Waals surface area contributed by atoms with Crippen LogP contribution in [0.4, 0.5) is 4.39 Å². The molecule has 4 heteroatoms. The Morgan fingerprint density at radius 3 is 2.62 bits per heavy atom. The van der Waals surface area contributed by atoms with Crippen LogP contribution in [0.25, 0.3) is 27.7 Å². The van der Waals surface area contributed by atoms with E-state index in [9.17, 15) is 9.50 Å². The summed E-state index contributed by atoms with van der Waals surface area (Å²) in [6.07, 6.45) is 1.78. The van der Waals surface area contributed by atoms with Crippen molar-refractivity contribution >= 4 is 10.9 Å². The number of hydrogen-bond acceptors (Lipinski definition) is 2. The normalized spacial score (nSPS) is 11.1. The van der Waals surface area contributed by atoms with E-state index in [1.807, 2.05) is 24.3 Å². The largest absolute Gasteiger partial charge is 0.505 e. The maximum atomic E-state index is 13.3. The average molecular weight is 318 g/mol. The van der Waals surface area contributed by atoms with Gasteiger partial charge in [-0.15, -0.1) is 0 Å². The number of phenolic OH excluding ortho intramolecular Hbond substituents is 1. The van der Waals surface area contributed by atoms with Crippen molar-refractivity contribution in [2.45, 2.75) is 6.92 Å². The number of halogens is 1. The van der Waals surface area contributed by atoms with Crippen LogP contribution < -0.4 is 0 Å². The molecule has 0 aliphatic heterocycles. The number of nitrogens with zero attached hydrogens (tertiary/aromatic N) is 2. The van der Waals surface area contributed by atoms with Crippen LogP contribution in [-0.4, -0.2) is 14.9 Å². The summed E-state index contributed by atoms with van der Waals surface area (Å²) in [5.41, 5.74) is 5.05. The maximum absolute atomic E-state index is 13.3. The number of benzene rings is 3. The van der Waals surface area contributed by atoms with Crippen LogP contribution in [0.15, 0.2) is 66.9 Å². The third kappa shape index (κ3) is 2.33. The lowest BCUT2D eigenvalue weighted by Crippen LogP contribution is -1.96. The van der Waals surface area contributed by atoms with Gasteiger partial charge in [-0.25, -0.2) is 9.07 Å². The highest BCUT2D eigenvalue weighted by molar-refractivity contribution is 5.86. The summed E-state index contributed by atoms with van der Waals surface area (Å²) in [4.78, 5) is 0. The lowest BCUT2D eigenvalue weighted by atomic mass is 10.00. The molecule has 0 atom stereocenters. The first-order valence-corrected chi connectivity index (χ1v) is 7.66. The SMILES string of the molecule is Cc1ccccc1-c1ccc2c(cnn2-c2ccc(F)c(O)c2)c1. The summed E-state index contributed by atoms with van der Waals surface area (Å²) >= 11 is 0. The Balaban J connectivity index is 1.84. The highest BCUT2D eigenvalue weighted by atomic mass is 19.1. The van der Waals surface area contributed by atoms with Gasteiger partial charge in [-0.1, -0.05) is 30.3 Å². The van der Waals surface area contributed by atoms with E-state index in [4.69, 9.17) is 0 Å². The van der Waals surface area contributed by atoms with Gasteiger partial charge in [0.15, 0.2) is 11.6 Å². The van der Waals surface area contributed by atoms with E-state index in [2.05, 4.69) is 30.2 Å². The van der Waals surface area contributed by atoms with Gasteiger partial charge in [-0.3, -0.25) is 0 Å². The second-order valence-electron chi connectivity index (χ2n) is 5.78. The lowest BCUT2D eigenvalue weighted by Gasteiger charge is -2.07. The molecule has 118 valence electrons. The van der Waals surface area contributed by atoms with Crippen LogP contribution in [0.5, 0.6) is 5.75 Å². The quantitative estimate of drug-likeness (QED) is 0.574. The fourth-order valence-electron chi connectivity index (χ4n) is 2.94. The van der Waals surface area contributed by atoms with Gasteiger partial charge in [0.25, 0.3) is 0 Å². The van der Waals surface area contributed by atoms with Gasteiger partial charge in [0.2, 0.25) is 0 Å². The third-order valence-electron chi connectivity index (χ3n) is 4.20. The number of aromatic nitrogens is 2. The van der Waals surface area contributed by atoms with Gasteiger partial charge in [0.05, 0.1) is 17.4 Å². The fourth-order valence-corrected chi connectivity index (χ4v) is 2.94. The van der Waals surface area contributed by atoms with Gasteiger partial charge >= 0.3 is 0 Å². The molecule has 4 rings (SSSR count). The monoisotopic (exact) mass is 318 g/mol. The molecule has 0 spiro atoms. The summed E-state index contributed by atoms with van der Waals surface area (Å²) in [7, 11) is 0. The minimum atomic E-state index is -0.642. The van der Waals surface area contributed by atoms with Crippen molar-refractivity contribution in [3.05, 3.63) is 78.2 Å². The van der Waals surface area contributed by atoms with E-state index < -0.39 is 5.82 Å². The Hall–Kier alpha value is -3.14. The molecule has 1 aromatic heterocycles. The molecule has 0 fully saturated rings. The number of aromatic hydroxyl groups is 1. The van der Waals surface area contributed by atoms with Gasteiger partial charge in [0.1, 0.15) is 0 Å². The van der Waals surface area contributed by atoms with Crippen LogP contribution in [0.3, 0.4) is 0 Å². The van der Waals surface area contributed by atoms with Gasteiger partial charge < -0.3 is 5.11 Å². The van der Waals surface area contributed by atoms with E-state index in [0.29, 0.717) is 5.69 Å². The molecule has 3 aromatic carbocycles. The standard InChI is InChI=1S/C20H15FN2O/c1-13-4-2-3-5-17(13)14-6-9-19-15(10-14)12-22-23(19)16-7-8-18(21)20(24)11-16/h2-12,24H,1H3. The highest BCUT2D eigenvalue weighted by Crippen LogP contribution is 2.28. The van der Waals surface area contributed by atoms with E-state index in [-0.39, 0.29) is 5.75 Å². The van der Waals surface area contributed by atoms with Crippen molar-refractivity contribution in [3.8, 4) is 22.6 Å². The molecule has 1 heterocycles.